The quantitative estimate of drug-likeness (QED) is 0.376. The Morgan fingerprint density at radius 1 is 1.17 bits per heavy atom. The Morgan fingerprint density at radius 2 is 1.83 bits per heavy atom. The Morgan fingerprint density at radius 3 is 2.42 bits per heavy atom. The van der Waals surface area contributed by atoms with Crippen molar-refractivity contribution < 1.29 is 23.3 Å². The van der Waals surface area contributed by atoms with Crippen LogP contribution >= 0.6 is 0 Å². The lowest BCUT2D eigenvalue weighted by Gasteiger charge is -2.11. The number of ketones is 1. The minimum Gasteiger partial charge on any atom is -0.322 e. The van der Waals surface area contributed by atoms with E-state index in [-0.39, 0.29) is 16.8 Å². The number of alkyl halides is 1. The number of nitrogens with one attached hydrogen (secondary N) is 1. The molecule has 0 heterocycles. The fourth-order valence-corrected chi connectivity index (χ4v) is 1.93. The first-order chi connectivity index (χ1) is 11.3. The third-order valence-corrected chi connectivity index (χ3v) is 3.09. The van der Waals surface area contributed by atoms with Crippen molar-refractivity contribution in [1.29, 1.82) is 0 Å². The van der Waals surface area contributed by atoms with E-state index in [9.17, 15) is 28.5 Å². The SMILES string of the molecule is NC(F)C(=O)Nc1ccc([N+](=O)[O-])cc1C(=O)c1ccccc1F. The van der Waals surface area contributed by atoms with E-state index in [0.29, 0.717) is 0 Å². The van der Waals surface area contributed by atoms with Gasteiger partial charge in [-0.15, -0.1) is 0 Å². The third-order valence-electron chi connectivity index (χ3n) is 3.09. The van der Waals surface area contributed by atoms with Crippen molar-refractivity contribution in [2.24, 2.45) is 5.73 Å². The molecule has 7 nitrogen and oxygen atoms in total. The highest BCUT2D eigenvalue weighted by Gasteiger charge is 2.22. The van der Waals surface area contributed by atoms with Crippen LogP contribution in [0.3, 0.4) is 0 Å². The molecule has 0 bridgehead atoms. The van der Waals surface area contributed by atoms with E-state index in [1.807, 2.05) is 5.32 Å². The summed E-state index contributed by atoms with van der Waals surface area (Å²) in [6.45, 7) is 0. The van der Waals surface area contributed by atoms with E-state index in [1.165, 1.54) is 18.2 Å². The summed E-state index contributed by atoms with van der Waals surface area (Å²) < 4.78 is 26.6. The van der Waals surface area contributed by atoms with Crippen molar-refractivity contribution in [1.82, 2.24) is 0 Å². The van der Waals surface area contributed by atoms with Crippen LogP contribution in [-0.2, 0) is 4.79 Å². The summed E-state index contributed by atoms with van der Waals surface area (Å²) >= 11 is 0. The second-order valence-electron chi connectivity index (χ2n) is 4.69. The topological polar surface area (TPSA) is 115 Å². The van der Waals surface area contributed by atoms with Gasteiger partial charge in [-0.05, 0) is 18.2 Å². The van der Waals surface area contributed by atoms with Crippen LogP contribution in [0.25, 0.3) is 0 Å². The molecular formula is C15H11F2N3O4. The molecule has 0 spiro atoms. The highest BCUT2D eigenvalue weighted by atomic mass is 19.1. The van der Waals surface area contributed by atoms with Crippen molar-refractivity contribution in [3.63, 3.8) is 0 Å². The van der Waals surface area contributed by atoms with E-state index in [1.54, 1.807) is 0 Å². The molecule has 0 saturated heterocycles. The Labute approximate surface area is 134 Å². The fourth-order valence-electron chi connectivity index (χ4n) is 1.93. The first kappa shape index (κ1) is 17.2. The van der Waals surface area contributed by atoms with Crippen molar-refractivity contribution in [2.75, 3.05) is 5.32 Å². The smallest absolute Gasteiger partial charge is 0.273 e. The van der Waals surface area contributed by atoms with E-state index in [4.69, 9.17) is 5.73 Å². The monoisotopic (exact) mass is 335 g/mol. The van der Waals surface area contributed by atoms with Gasteiger partial charge in [0.05, 0.1) is 21.7 Å². The average Bonchev–Trinajstić information content (AvgIpc) is 2.54. The molecule has 9 heteroatoms. The zero-order valence-corrected chi connectivity index (χ0v) is 12.0. The largest absolute Gasteiger partial charge is 0.322 e. The second-order valence-corrected chi connectivity index (χ2v) is 4.69. The maximum atomic E-state index is 13.8. The van der Waals surface area contributed by atoms with Crippen LogP contribution in [0.15, 0.2) is 42.5 Å². The maximum absolute atomic E-state index is 13.8. The Kier molecular flexibility index (Phi) is 4.95. The van der Waals surface area contributed by atoms with Gasteiger partial charge >= 0.3 is 0 Å². The van der Waals surface area contributed by atoms with E-state index >= 15 is 0 Å². The normalized spacial score (nSPS) is 11.6. The molecule has 0 aliphatic carbocycles. The molecule has 0 aliphatic heterocycles. The van der Waals surface area contributed by atoms with Crippen molar-refractivity contribution in [3.8, 4) is 0 Å². The standard InChI is InChI=1S/C15H11F2N3O4/c16-11-4-2-1-3-9(11)13(21)10-7-8(20(23)24)5-6-12(10)19-15(22)14(17)18/h1-7,14H,18H2,(H,19,22). The lowest BCUT2D eigenvalue weighted by atomic mass is 10.0. The number of carbonyl (C=O) groups is 2. The Balaban J connectivity index is 2.54. The van der Waals surface area contributed by atoms with Gasteiger partial charge in [-0.25, -0.2) is 8.78 Å². The lowest BCUT2D eigenvalue weighted by Crippen LogP contribution is -2.31. The minimum absolute atomic E-state index is 0.216. The predicted octanol–water partition coefficient (Wildman–Crippen LogP) is 2.16. The van der Waals surface area contributed by atoms with Crippen LogP contribution in [0.4, 0.5) is 20.2 Å². The van der Waals surface area contributed by atoms with Gasteiger partial charge in [0.25, 0.3) is 11.6 Å². The zero-order chi connectivity index (χ0) is 17.9. The first-order valence-corrected chi connectivity index (χ1v) is 6.59. The van der Waals surface area contributed by atoms with Gasteiger partial charge in [0.15, 0.2) is 5.78 Å². The number of anilines is 1. The van der Waals surface area contributed by atoms with Gasteiger partial charge < -0.3 is 5.32 Å². The van der Waals surface area contributed by atoms with Crippen LogP contribution in [0.1, 0.15) is 15.9 Å². The van der Waals surface area contributed by atoms with E-state index in [2.05, 4.69) is 0 Å². The fraction of sp³-hybridized carbons (Fsp3) is 0.0667. The predicted molar refractivity (Wildman–Crippen MR) is 80.6 cm³/mol. The van der Waals surface area contributed by atoms with Crippen molar-refractivity contribution >= 4 is 23.1 Å². The van der Waals surface area contributed by atoms with E-state index in [0.717, 1.165) is 24.3 Å². The molecule has 3 N–H and O–H groups in total. The number of hydrogen-bond donors (Lipinski definition) is 2. The summed E-state index contributed by atoms with van der Waals surface area (Å²) in [4.78, 5) is 34.0. The molecule has 0 fully saturated rings. The highest BCUT2D eigenvalue weighted by Crippen LogP contribution is 2.26. The molecule has 1 unspecified atom stereocenters. The first-order valence-electron chi connectivity index (χ1n) is 6.59. The number of carbonyl (C=O) groups excluding carboxylic acids is 2. The van der Waals surface area contributed by atoms with Gasteiger partial charge in [-0.1, -0.05) is 12.1 Å². The number of hydrogen-bond acceptors (Lipinski definition) is 5. The maximum Gasteiger partial charge on any atom is 0.273 e. The van der Waals surface area contributed by atoms with E-state index < -0.39 is 34.4 Å². The highest BCUT2D eigenvalue weighted by molar-refractivity contribution is 6.14. The molecule has 2 rings (SSSR count). The zero-order valence-electron chi connectivity index (χ0n) is 12.0. The molecule has 2 aromatic rings. The minimum atomic E-state index is -2.35. The molecule has 0 radical (unpaired) electrons. The number of benzene rings is 2. The second kappa shape index (κ2) is 6.92. The lowest BCUT2D eigenvalue weighted by molar-refractivity contribution is -0.384. The number of amides is 1. The molecular weight excluding hydrogens is 324 g/mol. The molecule has 1 atom stereocenters. The molecule has 124 valence electrons. The number of nitrogens with zero attached hydrogens (tertiary/aromatic N) is 1. The molecule has 1 amide bonds. The summed E-state index contributed by atoms with van der Waals surface area (Å²) in [6, 6.07) is 7.93. The van der Waals surface area contributed by atoms with Gasteiger partial charge in [0.2, 0.25) is 6.30 Å². The molecule has 2 aromatic carbocycles. The third kappa shape index (κ3) is 3.58. The van der Waals surface area contributed by atoms with Gasteiger partial charge in [-0.2, -0.15) is 0 Å². The van der Waals surface area contributed by atoms with Gasteiger partial charge in [0, 0.05) is 12.1 Å². The van der Waals surface area contributed by atoms with Gasteiger partial charge in [0.1, 0.15) is 5.82 Å². The summed E-state index contributed by atoms with van der Waals surface area (Å²) in [7, 11) is 0. The Bertz CT molecular complexity index is 824. The number of nitrogens with two attached hydrogens (primary N) is 1. The number of rotatable bonds is 5. The van der Waals surface area contributed by atoms with Crippen LogP contribution in [-0.4, -0.2) is 22.9 Å². The number of non-ortho nitro benzene ring substituents is 1. The summed E-state index contributed by atoms with van der Waals surface area (Å²) in [5, 5.41) is 12.9. The number of nitro benzene ring substituents is 1. The average molecular weight is 335 g/mol. The molecule has 0 aromatic heterocycles. The number of nitro groups is 1. The molecule has 24 heavy (non-hydrogen) atoms. The van der Waals surface area contributed by atoms with Crippen LogP contribution in [0, 0.1) is 15.9 Å². The van der Waals surface area contributed by atoms with Crippen LogP contribution in [0.2, 0.25) is 0 Å². The van der Waals surface area contributed by atoms with Crippen LogP contribution in [0.5, 0.6) is 0 Å². The summed E-state index contributed by atoms with van der Waals surface area (Å²) in [5.41, 5.74) is 3.42. The Hall–Kier alpha value is -3.20. The van der Waals surface area contributed by atoms with Crippen LogP contribution < -0.4 is 11.1 Å². The number of halogens is 2. The van der Waals surface area contributed by atoms with Crippen molar-refractivity contribution in [2.45, 2.75) is 6.30 Å². The molecule has 0 saturated carbocycles. The summed E-state index contributed by atoms with van der Waals surface area (Å²) in [6.07, 6.45) is -2.35. The summed E-state index contributed by atoms with van der Waals surface area (Å²) in [5.74, 6) is -2.99. The van der Waals surface area contributed by atoms with Gasteiger partial charge in [-0.3, -0.25) is 25.4 Å². The van der Waals surface area contributed by atoms with Crippen molar-refractivity contribution in [3.05, 3.63) is 69.5 Å². The molecule has 0 aliphatic rings.